The van der Waals surface area contributed by atoms with Gasteiger partial charge in [-0.25, -0.2) is 0 Å². The van der Waals surface area contributed by atoms with Crippen LogP contribution in [0.3, 0.4) is 0 Å². The number of hydrogen-bond acceptors (Lipinski definition) is 1. The molecule has 21 heavy (non-hydrogen) atoms. The van der Waals surface area contributed by atoms with Crippen LogP contribution in [0.15, 0.2) is 82.4 Å². The summed E-state index contributed by atoms with van der Waals surface area (Å²) in [5, 5.41) is 0. The van der Waals surface area contributed by atoms with Gasteiger partial charge in [0.2, 0.25) is 0 Å². The topological polar surface area (TPSA) is 0 Å². The minimum absolute atomic E-state index is 0.0570. The molecule has 0 aromatic carbocycles. The average molecular weight is 290 g/mol. The van der Waals surface area contributed by atoms with Gasteiger partial charge in [0.15, 0.2) is 0 Å². The third-order valence-corrected chi connectivity index (χ3v) is 6.11. The molecule has 0 amide bonds. The van der Waals surface area contributed by atoms with Crippen molar-refractivity contribution in [2.24, 2.45) is 23.2 Å². The number of rotatable bonds is 0. The van der Waals surface area contributed by atoms with Gasteiger partial charge in [0.25, 0.3) is 0 Å². The van der Waals surface area contributed by atoms with E-state index >= 15 is 0 Å². The van der Waals surface area contributed by atoms with E-state index in [2.05, 4.69) is 73.4 Å². The highest BCUT2D eigenvalue weighted by molar-refractivity contribution is 7.84. The van der Waals surface area contributed by atoms with Gasteiger partial charge < -0.3 is 0 Å². The summed E-state index contributed by atoms with van der Waals surface area (Å²) >= 11 is 4.68. The van der Waals surface area contributed by atoms with Gasteiger partial charge in [-0.2, -0.15) is 0 Å². The Morgan fingerprint density at radius 3 is 2.86 bits per heavy atom. The highest BCUT2D eigenvalue weighted by Crippen LogP contribution is 2.61. The Bertz CT molecular complexity index is 728. The predicted molar refractivity (Wildman–Crippen MR) is 90.9 cm³/mol. The molecular weight excluding hydrogens is 272 g/mol. The van der Waals surface area contributed by atoms with E-state index in [0.717, 1.165) is 4.91 Å². The number of fused-ring (bicyclic) bond motifs is 1. The summed E-state index contributed by atoms with van der Waals surface area (Å²) in [6.45, 7) is 0. The van der Waals surface area contributed by atoms with Gasteiger partial charge in [-0.15, -0.1) is 12.6 Å². The minimum atomic E-state index is 0.0570. The fraction of sp³-hybridized carbons (Fsp3) is 0.300. The summed E-state index contributed by atoms with van der Waals surface area (Å²) in [6.07, 6.45) is 25.7. The molecule has 5 aliphatic rings. The minimum Gasteiger partial charge on any atom is -0.144 e. The maximum Gasteiger partial charge on any atom is 0.0418 e. The Balaban J connectivity index is 1.84. The van der Waals surface area contributed by atoms with Crippen LogP contribution in [0.4, 0.5) is 0 Å². The van der Waals surface area contributed by atoms with Crippen LogP contribution in [0.2, 0.25) is 0 Å². The second-order valence-electron chi connectivity index (χ2n) is 6.73. The van der Waals surface area contributed by atoms with Crippen molar-refractivity contribution in [1.29, 1.82) is 0 Å². The number of hydrogen-bond donors (Lipinski definition) is 1. The third kappa shape index (κ3) is 1.43. The van der Waals surface area contributed by atoms with Crippen LogP contribution >= 0.6 is 12.6 Å². The lowest BCUT2D eigenvalue weighted by atomic mass is 9.55. The van der Waals surface area contributed by atoms with Gasteiger partial charge in [0.05, 0.1) is 0 Å². The summed E-state index contributed by atoms with van der Waals surface area (Å²) in [5.74, 6) is 1.75. The molecule has 0 saturated heterocycles. The fourth-order valence-corrected chi connectivity index (χ4v) is 5.43. The van der Waals surface area contributed by atoms with E-state index < -0.39 is 0 Å². The highest BCUT2D eigenvalue weighted by atomic mass is 32.1. The van der Waals surface area contributed by atoms with Crippen molar-refractivity contribution in [3.05, 3.63) is 82.4 Å². The standard InChI is InChI=1S/C20H18S/c21-14-11-13-7-8-15-17-5-1-3-9-20(17)10-4-2-6-18(20)16(12-14)19(13)15/h1-6,9-13,18-19,21H,7-8H2. The zero-order chi connectivity index (χ0) is 14.0. The smallest absolute Gasteiger partial charge is 0.0418 e. The van der Waals surface area contributed by atoms with Crippen LogP contribution in [-0.2, 0) is 0 Å². The van der Waals surface area contributed by atoms with Gasteiger partial charge in [0.1, 0.15) is 0 Å². The molecule has 104 valence electrons. The lowest BCUT2D eigenvalue weighted by Gasteiger charge is -2.48. The monoisotopic (exact) mass is 290 g/mol. The summed E-state index contributed by atoms with van der Waals surface area (Å²) < 4.78 is 0. The van der Waals surface area contributed by atoms with Crippen molar-refractivity contribution in [2.45, 2.75) is 12.8 Å². The fourth-order valence-electron chi connectivity index (χ4n) is 5.09. The van der Waals surface area contributed by atoms with Crippen LogP contribution in [0.5, 0.6) is 0 Å². The van der Waals surface area contributed by atoms with Gasteiger partial charge in [-0.05, 0) is 30.4 Å². The van der Waals surface area contributed by atoms with E-state index in [9.17, 15) is 0 Å². The second kappa shape index (κ2) is 4.04. The van der Waals surface area contributed by atoms with Crippen LogP contribution in [-0.4, -0.2) is 0 Å². The maximum absolute atomic E-state index is 4.68. The first-order valence-electron chi connectivity index (χ1n) is 7.87. The Morgan fingerprint density at radius 1 is 1.10 bits per heavy atom. The van der Waals surface area contributed by atoms with Crippen LogP contribution in [0.25, 0.3) is 0 Å². The first-order valence-corrected chi connectivity index (χ1v) is 8.32. The van der Waals surface area contributed by atoms with Crippen LogP contribution < -0.4 is 0 Å². The first kappa shape index (κ1) is 12.1. The lowest BCUT2D eigenvalue weighted by Crippen LogP contribution is -2.39. The first-order chi connectivity index (χ1) is 10.3. The predicted octanol–water partition coefficient (Wildman–Crippen LogP) is 4.93. The molecular formula is C20H18S. The van der Waals surface area contributed by atoms with Crippen molar-refractivity contribution in [1.82, 2.24) is 0 Å². The number of allylic oxidation sites excluding steroid dienone is 13. The Hall–Kier alpha value is -1.47. The van der Waals surface area contributed by atoms with Crippen LogP contribution in [0.1, 0.15) is 12.8 Å². The highest BCUT2D eigenvalue weighted by Gasteiger charge is 2.51. The molecule has 0 N–H and O–H groups in total. The SMILES string of the molecule is SC1=CC2CCC3=C4C=CC=CC45C=CC=CC5C(=C1)C32. The van der Waals surface area contributed by atoms with Crippen molar-refractivity contribution in [3.63, 3.8) is 0 Å². The Labute approximate surface area is 131 Å². The lowest BCUT2D eigenvalue weighted by molar-refractivity contribution is 0.384. The zero-order valence-electron chi connectivity index (χ0n) is 11.9. The van der Waals surface area contributed by atoms with Gasteiger partial charge >= 0.3 is 0 Å². The molecule has 0 bridgehead atoms. The summed E-state index contributed by atoms with van der Waals surface area (Å²) in [4.78, 5) is 1.16. The molecule has 0 aromatic rings. The molecule has 0 nitrogen and oxygen atoms in total. The largest absolute Gasteiger partial charge is 0.144 e. The summed E-state index contributed by atoms with van der Waals surface area (Å²) in [7, 11) is 0. The Morgan fingerprint density at radius 2 is 1.95 bits per heavy atom. The second-order valence-corrected chi connectivity index (χ2v) is 7.24. The molecule has 5 rings (SSSR count). The zero-order valence-corrected chi connectivity index (χ0v) is 12.8. The molecule has 1 fully saturated rings. The molecule has 1 heteroatoms. The van der Waals surface area contributed by atoms with Gasteiger partial charge in [-0.1, -0.05) is 65.8 Å². The van der Waals surface area contributed by atoms with E-state index in [-0.39, 0.29) is 5.41 Å². The molecule has 5 aliphatic carbocycles. The van der Waals surface area contributed by atoms with Crippen molar-refractivity contribution >= 4 is 12.6 Å². The van der Waals surface area contributed by atoms with Gasteiger partial charge in [0, 0.05) is 22.2 Å². The molecule has 0 aromatic heterocycles. The van der Waals surface area contributed by atoms with E-state index in [0.29, 0.717) is 17.8 Å². The van der Waals surface area contributed by atoms with E-state index in [1.807, 2.05) is 0 Å². The molecule has 1 saturated carbocycles. The summed E-state index contributed by atoms with van der Waals surface area (Å²) in [6, 6.07) is 0. The van der Waals surface area contributed by atoms with Crippen molar-refractivity contribution < 1.29 is 0 Å². The average Bonchev–Trinajstić information content (AvgIpc) is 2.91. The molecule has 0 radical (unpaired) electrons. The van der Waals surface area contributed by atoms with E-state index in [1.54, 1.807) is 16.7 Å². The molecule has 0 heterocycles. The van der Waals surface area contributed by atoms with Crippen LogP contribution in [0, 0.1) is 23.2 Å². The summed E-state index contributed by atoms with van der Waals surface area (Å²) in [5.41, 5.74) is 4.89. The molecule has 4 unspecified atom stereocenters. The van der Waals surface area contributed by atoms with Crippen molar-refractivity contribution in [3.8, 4) is 0 Å². The van der Waals surface area contributed by atoms with Crippen molar-refractivity contribution in [2.75, 3.05) is 0 Å². The molecule has 4 atom stereocenters. The Kier molecular flexibility index (Phi) is 2.33. The third-order valence-electron chi connectivity index (χ3n) is 5.83. The number of thiol groups is 1. The normalized spacial score (nSPS) is 41.5. The quantitative estimate of drug-likeness (QED) is 0.601. The molecule has 1 spiro atoms. The van der Waals surface area contributed by atoms with E-state index in [4.69, 9.17) is 0 Å². The molecule has 0 aliphatic heterocycles. The van der Waals surface area contributed by atoms with E-state index in [1.165, 1.54) is 12.8 Å². The van der Waals surface area contributed by atoms with Gasteiger partial charge in [-0.3, -0.25) is 0 Å². The maximum atomic E-state index is 4.68.